The first-order valence-corrected chi connectivity index (χ1v) is 14.2. The molecule has 36 heavy (non-hydrogen) atoms. The average Bonchev–Trinajstić information content (AvgIpc) is 3.53. The van der Waals surface area contributed by atoms with Crippen LogP contribution in [0.25, 0.3) is 5.69 Å². The maximum atomic E-state index is 13.9. The van der Waals surface area contributed by atoms with Gasteiger partial charge in [0.25, 0.3) is 0 Å². The monoisotopic (exact) mass is 526 g/mol. The topological polar surface area (TPSA) is 44.1 Å². The Hall–Kier alpha value is -2.15. The van der Waals surface area contributed by atoms with E-state index in [0.29, 0.717) is 5.92 Å². The lowest BCUT2D eigenvalue weighted by Crippen LogP contribution is -2.64. The number of hydrogen-bond acceptors (Lipinski definition) is 4. The molecule has 0 spiro atoms. The minimum atomic E-state index is -0.432. The Labute approximate surface area is 224 Å². The maximum absolute atomic E-state index is 13.9. The highest BCUT2D eigenvalue weighted by molar-refractivity contribution is 7.10. The van der Waals surface area contributed by atoms with Crippen LogP contribution in [0.3, 0.4) is 0 Å². The molecule has 5 heterocycles. The fourth-order valence-corrected chi connectivity index (χ4v) is 7.79. The lowest BCUT2D eigenvalue weighted by Gasteiger charge is -2.52. The molecule has 5 nitrogen and oxygen atoms in total. The summed E-state index contributed by atoms with van der Waals surface area (Å²) in [7, 11) is 0. The third-order valence-corrected chi connectivity index (χ3v) is 9.89. The Morgan fingerprint density at radius 1 is 1.06 bits per heavy atom. The average molecular weight is 527 g/mol. The summed E-state index contributed by atoms with van der Waals surface area (Å²) in [4.78, 5) is 15.1. The van der Waals surface area contributed by atoms with Gasteiger partial charge in [0, 0.05) is 35.4 Å². The summed E-state index contributed by atoms with van der Waals surface area (Å²) < 4.78 is 9.50. The molecule has 1 aromatic carbocycles. The quantitative estimate of drug-likeness (QED) is 0.215. The number of hydrogen-bond donors (Lipinski definition) is 0. The first kappa shape index (κ1) is 25.5. The predicted molar refractivity (Wildman–Crippen MR) is 146 cm³/mol. The Bertz CT molecular complexity index is 1130. The van der Waals surface area contributed by atoms with Crippen LogP contribution in [0.2, 0.25) is 0 Å². The van der Waals surface area contributed by atoms with Crippen LogP contribution in [0, 0.1) is 5.92 Å². The zero-order chi connectivity index (χ0) is 23.7. The van der Waals surface area contributed by atoms with E-state index in [-0.39, 0.29) is 24.5 Å². The van der Waals surface area contributed by atoms with Crippen molar-refractivity contribution < 1.29 is 14.0 Å². The van der Waals surface area contributed by atoms with E-state index in [2.05, 4.69) is 40.9 Å². The van der Waals surface area contributed by atoms with Gasteiger partial charge in [-0.05, 0) is 36.4 Å². The van der Waals surface area contributed by atoms with Gasteiger partial charge in [-0.15, -0.1) is 23.7 Å². The van der Waals surface area contributed by atoms with E-state index in [1.807, 2.05) is 29.1 Å². The third-order valence-electron chi connectivity index (χ3n) is 8.82. The van der Waals surface area contributed by atoms with Crippen molar-refractivity contribution in [1.29, 1.82) is 0 Å². The number of thiophene rings is 1. The van der Waals surface area contributed by atoms with Gasteiger partial charge in [0.15, 0.2) is 6.10 Å². The minimum absolute atomic E-state index is 0. The highest BCUT2D eigenvalue weighted by Crippen LogP contribution is 2.44. The van der Waals surface area contributed by atoms with Gasteiger partial charge in [0.1, 0.15) is 18.5 Å². The molecular formula is C29H37ClN3O2S+. The SMILES string of the molecule is Cl.O=C(O[C@H]1C[N+]2(Cc3cnn(-c4ccccc4)c3)CCC1CC2)C1(c2cccs2)CCCCCC1. The number of nitrogens with zero attached hydrogens (tertiary/aromatic N) is 3. The smallest absolute Gasteiger partial charge is 0.317 e. The molecule has 7 heteroatoms. The van der Waals surface area contributed by atoms with E-state index in [1.54, 1.807) is 11.3 Å². The second kappa shape index (κ2) is 10.7. The highest BCUT2D eigenvalue weighted by Gasteiger charge is 2.50. The Kier molecular flexibility index (Phi) is 7.57. The molecule has 7 rings (SSSR count). The van der Waals surface area contributed by atoms with Crippen LogP contribution in [-0.4, -0.2) is 46.0 Å². The molecule has 0 amide bonds. The number of benzene rings is 1. The number of aromatic nitrogens is 2. The molecule has 2 aromatic heterocycles. The van der Waals surface area contributed by atoms with Crippen LogP contribution in [-0.2, 0) is 21.5 Å². The van der Waals surface area contributed by atoms with Crippen molar-refractivity contribution in [3.63, 3.8) is 0 Å². The molecule has 4 fully saturated rings. The molecule has 1 saturated carbocycles. The number of carbonyl (C=O) groups is 1. The second-order valence-electron chi connectivity index (χ2n) is 11.0. The molecule has 0 unspecified atom stereocenters. The van der Waals surface area contributed by atoms with E-state index in [4.69, 9.17) is 4.74 Å². The lowest BCUT2D eigenvalue weighted by atomic mass is 9.78. The summed E-state index contributed by atoms with van der Waals surface area (Å²) in [6.07, 6.45) is 13.1. The largest absolute Gasteiger partial charge is 0.455 e. The molecule has 1 atom stereocenters. The molecule has 3 aliphatic heterocycles. The van der Waals surface area contributed by atoms with Gasteiger partial charge in [-0.2, -0.15) is 5.10 Å². The molecule has 3 saturated heterocycles. The summed E-state index contributed by atoms with van der Waals surface area (Å²) in [6.45, 7) is 4.24. The van der Waals surface area contributed by atoms with Crippen molar-refractivity contribution in [3.05, 3.63) is 70.7 Å². The number of piperidine rings is 3. The molecular weight excluding hydrogens is 490 g/mol. The van der Waals surface area contributed by atoms with E-state index < -0.39 is 5.41 Å². The number of rotatable bonds is 6. The standard InChI is InChI=1S/C29H36N3O2S.ClH/c33-28(29(27-11-8-18-35-27)14-6-1-2-7-15-29)34-26-22-32(16-12-24(26)13-17-32)21-23-19-30-31(20-23)25-9-4-3-5-10-25;/h3-5,8-11,18-20,24,26H,1-2,6-7,12-17,21-22H2;1H/q+1;/t24?,26-,32?;/m0./s1. The molecule has 1 aliphatic carbocycles. The summed E-state index contributed by atoms with van der Waals surface area (Å²) >= 11 is 1.73. The summed E-state index contributed by atoms with van der Waals surface area (Å²) in [6, 6.07) is 14.5. The van der Waals surface area contributed by atoms with Gasteiger partial charge in [0.2, 0.25) is 0 Å². The first-order valence-electron chi connectivity index (χ1n) is 13.4. The Morgan fingerprint density at radius 3 is 2.50 bits per heavy atom. The minimum Gasteiger partial charge on any atom is -0.455 e. The Balaban J connectivity index is 0.00000267. The second-order valence-corrected chi connectivity index (χ2v) is 12.0. The fourth-order valence-electron chi connectivity index (χ4n) is 6.81. The van der Waals surface area contributed by atoms with Crippen molar-refractivity contribution in [2.45, 2.75) is 69.4 Å². The zero-order valence-electron chi connectivity index (χ0n) is 20.9. The van der Waals surface area contributed by atoms with E-state index in [0.717, 1.165) is 61.8 Å². The van der Waals surface area contributed by atoms with Crippen LogP contribution in [0.15, 0.2) is 60.2 Å². The fraction of sp³-hybridized carbons (Fsp3) is 0.517. The summed E-state index contributed by atoms with van der Waals surface area (Å²) in [5, 5.41) is 6.74. The molecule has 3 aromatic rings. The Morgan fingerprint density at radius 2 is 1.81 bits per heavy atom. The van der Waals surface area contributed by atoms with Crippen molar-refractivity contribution >= 4 is 29.7 Å². The maximum Gasteiger partial charge on any atom is 0.317 e. The number of halogens is 1. The number of fused-ring (bicyclic) bond motifs is 3. The van der Waals surface area contributed by atoms with Gasteiger partial charge in [-0.1, -0.05) is 49.9 Å². The van der Waals surface area contributed by atoms with Gasteiger partial charge < -0.3 is 9.22 Å². The number of ether oxygens (including phenoxy) is 1. The van der Waals surface area contributed by atoms with Crippen LogP contribution in [0.5, 0.6) is 0 Å². The molecule has 0 radical (unpaired) electrons. The van der Waals surface area contributed by atoms with E-state index in [9.17, 15) is 4.79 Å². The van der Waals surface area contributed by atoms with Crippen molar-refractivity contribution in [1.82, 2.24) is 9.78 Å². The highest BCUT2D eigenvalue weighted by atomic mass is 35.5. The van der Waals surface area contributed by atoms with Gasteiger partial charge in [-0.3, -0.25) is 4.79 Å². The number of esters is 1. The van der Waals surface area contributed by atoms with Crippen molar-refractivity contribution in [2.24, 2.45) is 5.92 Å². The number of para-hydroxylation sites is 1. The molecule has 4 aliphatic rings. The van der Waals surface area contributed by atoms with E-state index in [1.165, 1.54) is 36.4 Å². The van der Waals surface area contributed by atoms with Crippen LogP contribution < -0.4 is 0 Å². The van der Waals surface area contributed by atoms with Crippen molar-refractivity contribution in [3.8, 4) is 5.69 Å². The van der Waals surface area contributed by atoms with Crippen LogP contribution in [0.4, 0.5) is 0 Å². The van der Waals surface area contributed by atoms with Crippen LogP contribution in [0.1, 0.15) is 61.8 Å². The van der Waals surface area contributed by atoms with Gasteiger partial charge >= 0.3 is 5.97 Å². The van der Waals surface area contributed by atoms with E-state index >= 15 is 0 Å². The first-order chi connectivity index (χ1) is 17.2. The molecule has 192 valence electrons. The predicted octanol–water partition coefficient (Wildman–Crippen LogP) is 6.30. The van der Waals surface area contributed by atoms with Crippen LogP contribution >= 0.6 is 23.7 Å². The van der Waals surface area contributed by atoms with Gasteiger partial charge in [-0.25, -0.2) is 4.68 Å². The summed E-state index contributed by atoms with van der Waals surface area (Å²) in [5.74, 6) is 0.563. The van der Waals surface area contributed by atoms with Gasteiger partial charge in [0.05, 0.1) is 25.0 Å². The zero-order valence-corrected chi connectivity index (χ0v) is 22.5. The normalized spacial score (nSPS) is 27.1. The van der Waals surface area contributed by atoms with Crippen molar-refractivity contribution in [2.75, 3.05) is 19.6 Å². The molecule has 0 N–H and O–H groups in total. The number of quaternary nitrogens is 1. The molecule has 2 bridgehead atoms. The number of carbonyl (C=O) groups excluding carboxylic acids is 1. The lowest BCUT2D eigenvalue weighted by molar-refractivity contribution is -0.958. The summed E-state index contributed by atoms with van der Waals surface area (Å²) in [5.41, 5.74) is 1.92. The third kappa shape index (κ3) is 4.88.